The van der Waals surface area contributed by atoms with Crippen LogP contribution in [0.1, 0.15) is 27.4 Å². The lowest BCUT2D eigenvalue weighted by molar-refractivity contribution is 0.0994. The SMILES string of the molecule is Cc1nc2cccc(Cc3ccc(-c4ccccc4)cc3)n2c1C(N)=O. The zero-order chi connectivity index (χ0) is 18.1. The van der Waals surface area contributed by atoms with Gasteiger partial charge in [-0.3, -0.25) is 9.20 Å². The van der Waals surface area contributed by atoms with E-state index < -0.39 is 5.91 Å². The van der Waals surface area contributed by atoms with Crippen molar-refractivity contribution >= 4 is 11.6 Å². The number of aryl methyl sites for hydroxylation is 1. The summed E-state index contributed by atoms with van der Waals surface area (Å²) in [5.74, 6) is -0.457. The Morgan fingerprint density at radius 3 is 2.31 bits per heavy atom. The van der Waals surface area contributed by atoms with Gasteiger partial charge in [0.1, 0.15) is 11.3 Å². The first-order valence-corrected chi connectivity index (χ1v) is 8.54. The number of hydrogen-bond donors (Lipinski definition) is 1. The molecule has 0 aliphatic rings. The number of rotatable bonds is 4. The van der Waals surface area contributed by atoms with Crippen LogP contribution < -0.4 is 5.73 Å². The van der Waals surface area contributed by atoms with Gasteiger partial charge < -0.3 is 5.73 Å². The van der Waals surface area contributed by atoms with Crippen molar-refractivity contribution in [1.29, 1.82) is 0 Å². The molecule has 2 aromatic carbocycles. The molecule has 128 valence electrons. The van der Waals surface area contributed by atoms with Crippen LogP contribution in [-0.4, -0.2) is 15.3 Å². The van der Waals surface area contributed by atoms with Gasteiger partial charge in [0.2, 0.25) is 0 Å². The molecular weight excluding hydrogens is 322 g/mol. The molecule has 2 heterocycles. The Labute approximate surface area is 151 Å². The van der Waals surface area contributed by atoms with E-state index in [-0.39, 0.29) is 0 Å². The molecule has 2 N–H and O–H groups in total. The Hall–Kier alpha value is -3.40. The van der Waals surface area contributed by atoms with E-state index in [1.807, 2.05) is 47.7 Å². The highest BCUT2D eigenvalue weighted by Crippen LogP contribution is 2.22. The molecule has 4 aromatic rings. The smallest absolute Gasteiger partial charge is 0.267 e. The molecule has 0 aliphatic heterocycles. The van der Waals surface area contributed by atoms with Crippen molar-refractivity contribution in [2.45, 2.75) is 13.3 Å². The molecule has 4 nitrogen and oxygen atoms in total. The third-order valence-corrected chi connectivity index (χ3v) is 4.58. The fourth-order valence-corrected chi connectivity index (χ4v) is 3.35. The molecule has 4 rings (SSSR count). The summed E-state index contributed by atoms with van der Waals surface area (Å²) in [6.45, 7) is 1.81. The number of carbonyl (C=O) groups is 1. The number of primary amides is 1. The van der Waals surface area contributed by atoms with Crippen LogP contribution in [0, 0.1) is 6.92 Å². The Morgan fingerprint density at radius 1 is 0.923 bits per heavy atom. The maximum atomic E-state index is 11.9. The average molecular weight is 341 g/mol. The van der Waals surface area contributed by atoms with Gasteiger partial charge in [0, 0.05) is 12.1 Å². The van der Waals surface area contributed by atoms with Crippen LogP contribution in [0.4, 0.5) is 0 Å². The van der Waals surface area contributed by atoms with E-state index in [9.17, 15) is 4.79 Å². The molecule has 0 saturated carbocycles. The third-order valence-electron chi connectivity index (χ3n) is 4.58. The summed E-state index contributed by atoms with van der Waals surface area (Å²) >= 11 is 0. The normalized spacial score (nSPS) is 11.0. The van der Waals surface area contributed by atoms with Crippen molar-refractivity contribution in [1.82, 2.24) is 9.38 Å². The second kappa shape index (κ2) is 6.48. The predicted octanol–water partition coefficient (Wildman–Crippen LogP) is 4.00. The molecule has 1 amide bonds. The molecule has 0 bridgehead atoms. The van der Waals surface area contributed by atoms with Crippen molar-refractivity contribution in [2.75, 3.05) is 0 Å². The molecule has 0 saturated heterocycles. The number of hydrogen-bond acceptors (Lipinski definition) is 2. The monoisotopic (exact) mass is 341 g/mol. The number of benzene rings is 2. The molecule has 0 atom stereocenters. The molecule has 0 unspecified atom stereocenters. The van der Waals surface area contributed by atoms with Gasteiger partial charge in [-0.15, -0.1) is 0 Å². The van der Waals surface area contributed by atoms with Gasteiger partial charge in [-0.2, -0.15) is 0 Å². The number of amides is 1. The summed E-state index contributed by atoms with van der Waals surface area (Å²) in [4.78, 5) is 16.3. The van der Waals surface area contributed by atoms with Gasteiger partial charge in [0.05, 0.1) is 5.69 Å². The first kappa shape index (κ1) is 16.1. The van der Waals surface area contributed by atoms with E-state index in [1.54, 1.807) is 0 Å². The van der Waals surface area contributed by atoms with Crippen LogP contribution in [0.2, 0.25) is 0 Å². The van der Waals surface area contributed by atoms with Crippen molar-refractivity contribution < 1.29 is 4.79 Å². The predicted molar refractivity (Wildman–Crippen MR) is 103 cm³/mol. The fraction of sp³-hybridized carbons (Fsp3) is 0.0909. The number of nitrogens with zero attached hydrogens (tertiary/aromatic N) is 2. The number of pyridine rings is 1. The standard InChI is InChI=1S/C22H19N3O/c1-15-21(22(23)26)25-19(8-5-9-20(25)24-15)14-16-10-12-18(13-11-16)17-6-3-2-4-7-17/h2-13H,14H2,1H3,(H2,23,26). The number of nitrogens with two attached hydrogens (primary N) is 1. The maximum Gasteiger partial charge on any atom is 0.267 e. The van der Waals surface area contributed by atoms with Crippen LogP contribution in [0.3, 0.4) is 0 Å². The van der Waals surface area contributed by atoms with Crippen molar-refractivity contribution in [3.63, 3.8) is 0 Å². The summed E-state index contributed by atoms with van der Waals surface area (Å²) in [6.07, 6.45) is 0.697. The Morgan fingerprint density at radius 2 is 1.62 bits per heavy atom. The molecular formula is C22H19N3O. The Balaban J connectivity index is 1.71. The van der Waals surface area contributed by atoms with E-state index in [1.165, 1.54) is 16.7 Å². The van der Waals surface area contributed by atoms with Gasteiger partial charge >= 0.3 is 0 Å². The molecule has 0 fully saturated rings. The number of imidazole rings is 1. The first-order valence-electron chi connectivity index (χ1n) is 8.54. The highest BCUT2D eigenvalue weighted by molar-refractivity contribution is 5.93. The number of fused-ring (bicyclic) bond motifs is 1. The van der Waals surface area contributed by atoms with Crippen molar-refractivity contribution in [3.05, 3.63) is 95.4 Å². The van der Waals surface area contributed by atoms with E-state index in [4.69, 9.17) is 5.73 Å². The second-order valence-corrected chi connectivity index (χ2v) is 6.36. The van der Waals surface area contributed by atoms with E-state index >= 15 is 0 Å². The number of carbonyl (C=O) groups excluding carboxylic acids is 1. The highest BCUT2D eigenvalue weighted by Gasteiger charge is 2.16. The van der Waals surface area contributed by atoms with Gasteiger partial charge in [0.15, 0.2) is 0 Å². The Kier molecular flexibility index (Phi) is 4.01. The minimum atomic E-state index is -0.457. The van der Waals surface area contributed by atoms with Crippen LogP contribution in [0.25, 0.3) is 16.8 Å². The zero-order valence-corrected chi connectivity index (χ0v) is 14.5. The number of aromatic nitrogens is 2. The van der Waals surface area contributed by atoms with Gasteiger partial charge in [-0.25, -0.2) is 4.98 Å². The first-order chi connectivity index (χ1) is 12.6. The van der Waals surface area contributed by atoms with Crippen LogP contribution in [0.15, 0.2) is 72.8 Å². The second-order valence-electron chi connectivity index (χ2n) is 6.36. The molecule has 0 radical (unpaired) electrons. The van der Waals surface area contributed by atoms with E-state index in [0.29, 0.717) is 17.8 Å². The fourth-order valence-electron chi connectivity index (χ4n) is 3.35. The quantitative estimate of drug-likeness (QED) is 0.610. The topological polar surface area (TPSA) is 60.4 Å². The molecule has 2 aromatic heterocycles. The summed E-state index contributed by atoms with van der Waals surface area (Å²) < 4.78 is 1.86. The lowest BCUT2D eigenvalue weighted by atomic mass is 10.0. The lowest BCUT2D eigenvalue weighted by Gasteiger charge is -2.09. The molecule has 26 heavy (non-hydrogen) atoms. The van der Waals surface area contributed by atoms with Gasteiger partial charge in [-0.05, 0) is 35.7 Å². The average Bonchev–Trinajstić information content (AvgIpc) is 3.00. The van der Waals surface area contributed by atoms with Gasteiger partial charge in [-0.1, -0.05) is 60.7 Å². The van der Waals surface area contributed by atoms with Crippen LogP contribution >= 0.6 is 0 Å². The molecule has 0 aliphatic carbocycles. The maximum absolute atomic E-state index is 11.9. The molecule has 0 spiro atoms. The molecule has 4 heteroatoms. The highest BCUT2D eigenvalue weighted by atomic mass is 16.1. The minimum Gasteiger partial charge on any atom is -0.364 e. The third kappa shape index (κ3) is 2.86. The lowest BCUT2D eigenvalue weighted by Crippen LogP contribution is -2.16. The van der Waals surface area contributed by atoms with Gasteiger partial charge in [0.25, 0.3) is 5.91 Å². The zero-order valence-electron chi connectivity index (χ0n) is 14.5. The summed E-state index contributed by atoms with van der Waals surface area (Å²) in [7, 11) is 0. The Bertz CT molecular complexity index is 1080. The van der Waals surface area contributed by atoms with Crippen molar-refractivity contribution in [2.24, 2.45) is 5.73 Å². The largest absolute Gasteiger partial charge is 0.364 e. The minimum absolute atomic E-state index is 0.455. The summed E-state index contributed by atoms with van der Waals surface area (Å²) in [5.41, 5.74) is 12.0. The van der Waals surface area contributed by atoms with E-state index in [2.05, 4.69) is 41.4 Å². The van der Waals surface area contributed by atoms with Crippen LogP contribution in [0.5, 0.6) is 0 Å². The van der Waals surface area contributed by atoms with Crippen LogP contribution in [-0.2, 0) is 6.42 Å². The van der Waals surface area contributed by atoms with Crippen molar-refractivity contribution in [3.8, 4) is 11.1 Å². The summed E-state index contributed by atoms with van der Waals surface area (Å²) in [6, 6.07) is 24.6. The van der Waals surface area contributed by atoms with E-state index in [0.717, 1.165) is 11.3 Å². The summed E-state index contributed by atoms with van der Waals surface area (Å²) in [5, 5.41) is 0.